The lowest BCUT2D eigenvalue weighted by Crippen LogP contribution is -2.02. The van der Waals surface area contributed by atoms with Crippen LogP contribution in [0.15, 0.2) is 23.8 Å². The molecular weight excluding hydrogens is 210 g/mol. The quantitative estimate of drug-likeness (QED) is 0.819. The molecule has 0 spiro atoms. The van der Waals surface area contributed by atoms with Gasteiger partial charge in [0.2, 0.25) is 0 Å². The van der Waals surface area contributed by atoms with Crippen molar-refractivity contribution < 1.29 is 4.74 Å². The van der Waals surface area contributed by atoms with Crippen LogP contribution < -0.4 is 5.73 Å². The van der Waals surface area contributed by atoms with Gasteiger partial charge in [0.05, 0.1) is 6.61 Å². The molecule has 0 atom stereocenters. The zero-order chi connectivity index (χ0) is 12.7. The molecule has 0 amide bonds. The van der Waals surface area contributed by atoms with Crippen LogP contribution >= 0.6 is 0 Å². The number of benzene rings is 1. The zero-order valence-electron chi connectivity index (χ0n) is 11.1. The van der Waals surface area contributed by atoms with E-state index in [1.165, 1.54) is 22.3 Å². The fraction of sp³-hybridized carbons (Fsp3) is 0.467. The molecule has 0 fully saturated rings. The molecular formula is C15H23NO. The van der Waals surface area contributed by atoms with Gasteiger partial charge in [0, 0.05) is 7.11 Å². The highest BCUT2D eigenvalue weighted by Gasteiger charge is 1.99. The number of hydrogen-bond acceptors (Lipinski definition) is 2. The first kappa shape index (κ1) is 13.9. The molecule has 2 heteroatoms. The summed E-state index contributed by atoms with van der Waals surface area (Å²) in [5, 5.41) is 0. The highest BCUT2D eigenvalue weighted by atomic mass is 16.5. The summed E-state index contributed by atoms with van der Waals surface area (Å²) in [6.07, 6.45) is 4.25. The Kier molecular flexibility index (Phi) is 5.95. The molecule has 0 saturated heterocycles. The minimum Gasteiger partial charge on any atom is -0.380 e. The summed E-state index contributed by atoms with van der Waals surface area (Å²) in [6, 6.07) is 6.59. The average Bonchev–Trinajstić information content (AvgIpc) is 2.24. The van der Waals surface area contributed by atoms with Crippen molar-refractivity contribution in [2.75, 3.05) is 20.3 Å². The molecule has 0 aliphatic heterocycles. The van der Waals surface area contributed by atoms with Crippen molar-refractivity contribution in [3.05, 3.63) is 40.5 Å². The first-order valence-corrected chi connectivity index (χ1v) is 6.12. The van der Waals surface area contributed by atoms with Crippen molar-refractivity contribution in [1.82, 2.24) is 0 Å². The van der Waals surface area contributed by atoms with Crippen molar-refractivity contribution in [3.63, 3.8) is 0 Å². The summed E-state index contributed by atoms with van der Waals surface area (Å²) in [4.78, 5) is 0. The molecule has 2 N–H and O–H groups in total. The molecule has 17 heavy (non-hydrogen) atoms. The predicted molar refractivity (Wildman–Crippen MR) is 74.1 cm³/mol. The summed E-state index contributed by atoms with van der Waals surface area (Å²) in [5.41, 5.74) is 10.7. The highest BCUT2D eigenvalue weighted by Crippen LogP contribution is 2.15. The van der Waals surface area contributed by atoms with E-state index in [-0.39, 0.29) is 0 Å². The van der Waals surface area contributed by atoms with Gasteiger partial charge in [-0.05, 0) is 44.4 Å². The maximum atomic E-state index is 5.55. The van der Waals surface area contributed by atoms with Crippen LogP contribution in [0.3, 0.4) is 0 Å². The summed E-state index contributed by atoms with van der Waals surface area (Å²) >= 11 is 0. The smallest absolute Gasteiger partial charge is 0.0676 e. The second-order valence-corrected chi connectivity index (χ2v) is 4.55. The van der Waals surface area contributed by atoms with Crippen LogP contribution in [0.1, 0.15) is 29.5 Å². The third-order valence-corrected chi connectivity index (χ3v) is 2.65. The van der Waals surface area contributed by atoms with Crippen molar-refractivity contribution >= 4 is 6.08 Å². The van der Waals surface area contributed by atoms with Crippen LogP contribution in [0, 0.1) is 13.8 Å². The molecule has 2 nitrogen and oxygen atoms in total. The predicted octanol–water partition coefficient (Wildman–Crippen LogP) is 3.07. The fourth-order valence-corrected chi connectivity index (χ4v) is 2.03. The van der Waals surface area contributed by atoms with Crippen LogP contribution in [-0.4, -0.2) is 20.3 Å². The molecule has 0 aromatic heterocycles. The average molecular weight is 233 g/mol. The maximum Gasteiger partial charge on any atom is 0.0676 e. The number of hydrogen-bond donors (Lipinski definition) is 1. The number of rotatable bonds is 6. The molecule has 0 heterocycles. The van der Waals surface area contributed by atoms with Crippen molar-refractivity contribution in [2.45, 2.75) is 26.7 Å². The van der Waals surface area contributed by atoms with Gasteiger partial charge in [-0.1, -0.05) is 35.4 Å². The molecule has 0 radical (unpaired) electrons. The molecule has 1 aromatic carbocycles. The molecule has 0 aliphatic carbocycles. The standard InChI is InChI=1S/C15H23NO/c1-12-7-13(2)9-15(8-12)10-14(11-17-3)5-4-6-16/h7-10H,4-6,11,16H2,1-3H3/b14-10+. The summed E-state index contributed by atoms with van der Waals surface area (Å²) < 4.78 is 5.22. The van der Waals surface area contributed by atoms with E-state index < -0.39 is 0 Å². The van der Waals surface area contributed by atoms with E-state index in [0.29, 0.717) is 6.61 Å². The molecule has 94 valence electrons. The second kappa shape index (κ2) is 7.25. The lowest BCUT2D eigenvalue weighted by Gasteiger charge is -2.07. The Hall–Kier alpha value is -1.12. The van der Waals surface area contributed by atoms with Crippen molar-refractivity contribution in [3.8, 4) is 0 Å². The van der Waals surface area contributed by atoms with Crippen LogP contribution in [0.5, 0.6) is 0 Å². The van der Waals surface area contributed by atoms with Gasteiger partial charge in [0.15, 0.2) is 0 Å². The lowest BCUT2D eigenvalue weighted by molar-refractivity contribution is 0.223. The van der Waals surface area contributed by atoms with E-state index in [1.807, 2.05) is 0 Å². The Morgan fingerprint density at radius 2 is 1.88 bits per heavy atom. The van der Waals surface area contributed by atoms with Crippen LogP contribution in [0.2, 0.25) is 0 Å². The SMILES string of the molecule is COC/C(=C/c1cc(C)cc(C)c1)CCCN. The molecule has 0 aliphatic rings. The van der Waals surface area contributed by atoms with E-state index in [9.17, 15) is 0 Å². The maximum absolute atomic E-state index is 5.55. The normalized spacial score (nSPS) is 11.9. The van der Waals surface area contributed by atoms with E-state index >= 15 is 0 Å². The van der Waals surface area contributed by atoms with Gasteiger partial charge in [-0.2, -0.15) is 0 Å². The summed E-state index contributed by atoms with van der Waals surface area (Å²) in [5.74, 6) is 0. The minimum atomic E-state index is 0.687. The van der Waals surface area contributed by atoms with Crippen LogP contribution in [0.4, 0.5) is 0 Å². The van der Waals surface area contributed by atoms with E-state index in [4.69, 9.17) is 10.5 Å². The Labute approximate surface area is 104 Å². The van der Waals surface area contributed by atoms with Crippen LogP contribution in [-0.2, 0) is 4.74 Å². The number of nitrogens with two attached hydrogens (primary N) is 1. The van der Waals surface area contributed by atoms with Gasteiger partial charge >= 0.3 is 0 Å². The number of ether oxygens (including phenoxy) is 1. The van der Waals surface area contributed by atoms with Gasteiger partial charge in [0.25, 0.3) is 0 Å². The Morgan fingerprint density at radius 3 is 2.41 bits per heavy atom. The molecule has 0 unspecified atom stereocenters. The molecule has 0 bridgehead atoms. The number of aryl methyl sites for hydroxylation is 2. The van der Waals surface area contributed by atoms with Gasteiger partial charge in [0.1, 0.15) is 0 Å². The van der Waals surface area contributed by atoms with Crippen molar-refractivity contribution in [2.24, 2.45) is 5.73 Å². The minimum absolute atomic E-state index is 0.687. The Morgan fingerprint density at radius 1 is 1.24 bits per heavy atom. The fourth-order valence-electron chi connectivity index (χ4n) is 2.03. The lowest BCUT2D eigenvalue weighted by atomic mass is 10.0. The summed E-state index contributed by atoms with van der Waals surface area (Å²) in [7, 11) is 1.73. The van der Waals surface area contributed by atoms with Gasteiger partial charge < -0.3 is 10.5 Å². The van der Waals surface area contributed by atoms with Gasteiger partial charge in [-0.3, -0.25) is 0 Å². The Bertz CT molecular complexity index is 362. The monoisotopic (exact) mass is 233 g/mol. The molecule has 1 rings (SSSR count). The third-order valence-electron chi connectivity index (χ3n) is 2.65. The second-order valence-electron chi connectivity index (χ2n) is 4.55. The first-order chi connectivity index (χ1) is 8.15. The van der Waals surface area contributed by atoms with E-state index in [0.717, 1.165) is 19.4 Å². The third kappa shape index (κ3) is 5.16. The van der Waals surface area contributed by atoms with E-state index in [1.54, 1.807) is 7.11 Å². The van der Waals surface area contributed by atoms with E-state index in [2.05, 4.69) is 38.1 Å². The molecule has 1 aromatic rings. The summed E-state index contributed by atoms with van der Waals surface area (Å²) in [6.45, 7) is 5.67. The van der Waals surface area contributed by atoms with Crippen molar-refractivity contribution in [1.29, 1.82) is 0 Å². The van der Waals surface area contributed by atoms with Crippen LogP contribution in [0.25, 0.3) is 6.08 Å². The first-order valence-electron chi connectivity index (χ1n) is 6.12. The Balaban J connectivity index is 2.86. The van der Waals surface area contributed by atoms with Gasteiger partial charge in [-0.25, -0.2) is 0 Å². The zero-order valence-corrected chi connectivity index (χ0v) is 11.1. The highest BCUT2D eigenvalue weighted by molar-refractivity contribution is 5.55. The van der Waals surface area contributed by atoms with Gasteiger partial charge in [-0.15, -0.1) is 0 Å². The topological polar surface area (TPSA) is 35.2 Å². The largest absolute Gasteiger partial charge is 0.380 e. The molecule has 0 saturated carbocycles. The number of methoxy groups -OCH3 is 1.